The predicted octanol–water partition coefficient (Wildman–Crippen LogP) is 2.46. The number of benzene rings is 1. The molecule has 1 aromatic carbocycles. The third-order valence-electron chi connectivity index (χ3n) is 4.33. The number of tetrazole rings is 1. The number of hydrogen-bond acceptors (Lipinski definition) is 7. The van der Waals surface area contributed by atoms with Crippen LogP contribution in [0.1, 0.15) is 18.7 Å². The molecule has 0 bridgehead atoms. The summed E-state index contributed by atoms with van der Waals surface area (Å²) in [4.78, 5) is 26.2. The normalized spacial score (nSPS) is 16.2. The van der Waals surface area contributed by atoms with Crippen molar-refractivity contribution >= 4 is 23.6 Å². The third-order valence-corrected chi connectivity index (χ3v) is 4.58. The van der Waals surface area contributed by atoms with Crippen molar-refractivity contribution in [3.63, 3.8) is 0 Å². The number of nitrogens with one attached hydrogen (secondary N) is 2. The molecule has 0 radical (unpaired) electrons. The molecule has 0 fully saturated rings. The van der Waals surface area contributed by atoms with Gasteiger partial charge in [0.2, 0.25) is 5.82 Å². The number of halogens is 1. The first kappa shape index (κ1) is 19.6. The van der Waals surface area contributed by atoms with Crippen molar-refractivity contribution in [2.24, 2.45) is 0 Å². The van der Waals surface area contributed by atoms with Gasteiger partial charge in [-0.05, 0) is 48.5 Å². The van der Waals surface area contributed by atoms with Crippen LogP contribution in [0.15, 0.2) is 58.3 Å². The van der Waals surface area contributed by atoms with Crippen molar-refractivity contribution in [1.82, 2.24) is 30.8 Å². The quantitative estimate of drug-likeness (QED) is 0.578. The van der Waals surface area contributed by atoms with Gasteiger partial charge in [0.25, 0.3) is 0 Å². The molecular formula is C19H17ClN6O4. The Morgan fingerprint density at radius 1 is 1.30 bits per heavy atom. The van der Waals surface area contributed by atoms with Crippen LogP contribution in [0.25, 0.3) is 11.4 Å². The summed E-state index contributed by atoms with van der Waals surface area (Å²) >= 11 is 5.91. The molecule has 3 heterocycles. The molecule has 1 aliphatic rings. The summed E-state index contributed by atoms with van der Waals surface area (Å²) in [5.41, 5.74) is 1.23. The van der Waals surface area contributed by atoms with Crippen LogP contribution >= 0.6 is 11.6 Å². The molecule has 2 amide bonds. The maximum absolute atomic E-state index is 12.7. The highest BCUT2D eigenvalue weighted by Crippen LogP contribution is 2.28. The van der Waals surface area contributed by atoms with Gasteiger partial charge in [0.1, 0.15) is 18.3 Å². The van der Waals surface area contributed by atoms with E-state index in [1.54, 1.807) is 43.3 Å². The zero-order chi connectivity index (χ0) is 21.1. The third kappa shape index (κ3) is 4.03. The van der Waals surface area contributed by atoms with Crippen LogP contribution in [0.2, 0.25) is 5.02 Å². The number of ether oxygens (including phenoxy) is 1. The van der Waals surface area contributed by atoms with Gasteiger partial charge in [-0.1, -0.05) is 11.6 Å². The fraction of sp³-hybridized carbons (Fsp3) is 0.211. The minimum Gasteiger partial charge on any atom is -0.467 e. The molecule has 4 rings (SSSR count). The largest absolute Gasteiger partial charge is 0.467 e. The van der Waals surface area contributed by atoms with Crippen molar-refractivity contribution in [2.45, 2.75) is 19.5 Å². The summed E-state index contributed by atoms with van der Waals surface area (Å²) in [7, 11) is 0. The molecule has 0 aliphatic carbocycles. The average molecular weight is 429 g/mol. The van der Waals surface area contributed by atoms with Crippen molar-refractivity contribution < 1.29 is 18.7 Å². The second-order valence-electron chi connectivity index (χ2n) is 6.31. The molecule has 11 heteroatoms. The minimum absolute atomic E-state index is 0.000629. The molecule has 2 N–H and O–H groups in total. The maximum Gasteiger partial charge on any atom is 0.338 e. The lowest BCUT2D eigenvalue weighted by Crippen LogP contribution is -2.46. The summed E-state index contributed by atoms with van der Waals surface area (Å²) in [6.07, 6.45) is 1.46. The molecular weight excluding hydrogens is 412 g/mol. The van der Waals surface area contributed by atoms with E-state index in [1.165, 1.54) is 11.1 Å². The first-order valence-corrected chi connectivity index (χ1v) is 9.47. The van der Waals surface area contributed by atoms with E-state index in [2.05, 4.69) is 26.0 Å². The van der Waals surface area contributed by atoms with E-state index in [0.29, 0.717) is 22.3 Å². The lowest BCUT2D eigenvalue weighted by Gasteiger charge is -2.27. The van der Waals surface area contributed by atoms with Gasteiger partial charge in [0, 0.05) is 10.6 Å². The van der Waals surface area contributed by atoms with Gasteiger partial charge in [-0.3, -0.25) is 0 Å². The number of allylic oxidation sites excluding steroid dienone is 1. The highest BCUT2D eigenvalue weighted by atomic mass is 35.5. The van der Waals surface area contributed by atoms with Crippen molar-refractivity contribution in [2.75, 3.05) is 6.61 Å². The number of rotatable bonds is 6. The van der Waals surface area contributed by atoms with Crippen LogP contribution in [0.4, 0.5) is 4.79 Å². The Bertz CT molecular complexity index is 1090. The number of amides is 2. The van der Waals surface area contributed by atoms with E-state index in [9.17, 15) is 9.59 Å². The monoisotopic (exact) mass is 428 g/mol. The van der Waals surface area contributed by atoms with E-state index >= 15 is 0 Å². The second-order valence-corrected chi connectivity index (χ2v) is 6.75. The summed E-state index contributed by atoms with van der Waals surface area (Å²) < 4.78 is 10.6. The van der Waals surface area contributed by atoms with Gasteiger partial charge >= 0.3 is 12.0 Å². The fourth-order valence-electron chi connectivity index (χ4n) is 3.03. The lowest BCUT2D eigenvalue weighted by atomic mass is 10.00. The Balaban J connectivity index is 1.68. The number of carbonyl (C=O) groups excluding carboxylic acids is 2. The number of furan rings is 1. The van der Waals surface area contributed by atoms with Crippen LogP contribution < -0.4 is 10.6 Å². The summed E-state index contributed by atoms with van der Waals surface area (Å²) in [5, 5.41) is 18.3. The highest BCUT2D eigenvalue weighted by Gasteiger charge is 2.35. The molecule has 154 valence electrons. The predicted molar refractivity (Wildman–Crippen MR) is 105 cm³/mol. The van der Waals surface area contributed by atoms with E-state index in [4.69, 9.17) is 20.8 Å². The molecule has 1 unspecified atom stereocenters. The van der Waals surface area contributed by atoms with Crippen LogP contribution in [0.3, 0.4) is 0 Å². The van der Waals surface area contributed by atoms with Crippen LogP contribution in [-0.4, -0.2) is 38.8 Å². The van der Waals surface area contributed by atoms with Crippen molar-refractivity contribution in [1.29, 1.82) is 0 Å². The Hall–Kier alpha value is -3.66. The van der Waals surface area contributed by atoms with Gasteiger partial charge in [0.15, 0.2) is 0 Å². The number of aromatic nitrogens is 4. The van der Waals surface area contributed by atoms with Gasteiger partial charge in [0.05, 0.1) is 24.1 Å². The Labute approximate surface area is 175 Å². The van der Waals surface area contributed by atoms with Gasteiger partial charge < -0.3 is 19.8 Å². The van der Waals surface area contributed by atoms with Crippen molar-refractivity contribution in [3.05, 3.63) is 64.7 Å². The SMILES string of the molecule is CCOC(=O)C1=C(Cn2nnc(-c3ccc(Cl)cc3)n2)NC(=O)NC1c1ccco1. The first-order chi connectivity index (χ1) is 14.5. The zero-order valence-corrected chi connectivity index (χ0v) is 16.6. The second kappa shape index (κ2) is 8.37. The molecule has 3 aromatic rings. The average Bonchev–Trinajstić information content (AvgIpc) is 3.40. The molecule has 1 aliphatic heterocycles. The first-order valence-electron chi connectivity index (χ1n) is 9.10. The molecule has 10 nitrogen and oxygen atoms in total. The highest BCUT2D eigenvalue weighted by molar-refractivity contribution is 6.30. The molecule has 0 saturated heterocycles. The number of carbonyl (C=O) groups is 2. The van der Waals surface area contributed by atoms with Crippen LogP contribution in [0, 0.1) is 0 Å². The summed E-state index contributed by atoms with van der Waals surface area (Å²) in [6.45, 7) is 1.88. The molecule has 2 aromatic heterocycles. The van der Waals surface area contributed by atoms with E-state index in [-0.39, 0.29) is 18.7 Å². The Kier molecular flexibility index (Phi) is 5.48. The lowest BCUT2D eigenvalue weighted by molar-refractivity contribution is -0.139. The van der Waals surface area contributed by atoms with Gasteiger partial charge in [-0.25, -0.2) is 9.59 Å². The molecule has 1 atom stereocenters. The number of hydrogen-bond donors (Lipinski definition) is 2. The van der Waals surface area contributed by atoms with Crippen molar-refractivity contribution in [3.8, 4) is 11.4 Å². The number of urea groups is 1. The van der Waals surface area contributed by atoms with E-state index < -0.39 is 18.0 Å². The van der Waals surface area contributed by atoms with Gasteiger partial charge in [-0.15, -0.1) is 10.2 Å². The fourth-order valence-corrected chi connectivity index (χ4v) is 3.15. The van der Waals surface area contributed by atoms with E-state index in [0.717, 1.165) is 5.56 Å². The summed E-state index contributed by atoms with van der Waals surface area (Å²) in [6, 6.07) is 9.03. The molecule has 0 saturated carbocycles. The maximum atomic E-state index is 12.7. The van der Waals surface area contributed by atoms with Crippen LogP contribution in [-0.2, 0) is 16.1 Å². The standard InChI is InChI=1S/C19H17ClN6O4/c1-2-29-18(27)15-13(21-19(28)22-16(15)14-4-3-9-30-14)10-26-24-17(23-25-26)11-5-7-12(20)8-6-11/h3-9,16H,2,10H2,1H3,(H2,21,22,28). The topological polar surface area (TPSA) is 124 Å². The molecule has 30 heavy (non-hydrogen) atoms. The van der Waals surface area contributed by atoms with Gasteiger partial charge in [-0.2, -0.15) is 4.80 Å². The Morgan fingerprint density at radius 2 is 2.10 bits per heavy atom. The molecule has 0 spiro atoms. The number of esters is 1. The Morgan fingerprint density at radius 3 is 2.80 bits per heavy atom. The van der Waals surface area contributed by atoms with E-state index in [1.807, 2.05) is 0 Å². The minimum atomic E-state index is -0.804. The number of nitrogens with zero attached hydrogens (tertiary/aromatic N) is 4. The van der Waals surface area contributed by atoms with Crippen LogP contribution in [0.5, 0.6) is 0 Å². The summed E-state index contributed by atoms with van der Waals surface area (Å²) in [5.74, 6) is 0.200. The zero-order valence-electron chi connectivity index (χ0n) is 15.8. The smallest absolute Gasteiger partial charge is 0.338 e.